The second-order valence-electron chi connectivity index (χ2n) is 9.24. The van der Waals surface area contributed by atoms with E-state index < -0.39 is 17.8 Å². The van der Waals surface area contributed by atoms with Crippen LogP contribution in [0.25, 0.3) is 0 Å². The fourth-order valence-corrected chi connectivity index (χ4v) is 4.52. The molecule has 1 atom stereocenters. The van der Waals surface area contributed by atoms with E-state index in [9.17, 15) is 18.8 Å². The van der Waals surface area contributed by atoms with Crippen LogP contribution < -0.4 is 10.6 Å². The summed E-state index contributed by atoms with van der Waals surface area (Å²) >= 11 is 0. The molecule has 2 fully saturated rings. The van der Waals surface area contributed by atoms with Gasteiger partial charge in [0.25, 0.3) is 5.91 Å². The summed E-state index contributed by atoms with van der Waals surface area (Å²) in [4.78, 5) is 40.3. The number of nitrogens with one attached hydrogen (secondary N) is 2. The van der Waals surface area contributed by atoms with Gasteiger partial charge in [0, 0.05) is 31.1 Å². The molecule has 31 heavy (non-hydrogen) atoms. The standard InChI is InChI=1S/C24H34FN3O3/c1-16(2)15-26-23(30)21(27-22(29)18-7-9-20(25)10-8-18)17-11-13-28(14-12-17)24(31)19-5-3-4-6-19/h7-10,16-17,19,21H,3-6,11-15H2,1-2H3,(H,26,30)(H,27,29). The Kier molecular flexibility index (Phi) is 8.04. The molecule has 0 aromatic heterocycles. The zero-order valence-electron chi connectivity index (χ0n) is 18.5. The molecular weight excluding hydrogens is 397 g/mol. The van der Waals surface area contributed by atoms with Gasteiger partial charge < -0.3 is 15.5 Å². The first kappa shape index (κ1) is 23.2. The number of likely N-dealkylation sites (tertiary alicyclic amines) is 1. The minimum atomic E-state index is -0.681. The third-order valence-corrected chi connectivity index (χ3v) is 6.39. The summed E-state index contributed by atoms with van der Waals surface area (Å²) in [6, 6.07) is 4.61. The van der Waals surface area contributed by atoms with Crippen molar-refractivity contribution in [2.24, 2.45) is 17.8 Å². The number of piperidine rings is 1. The van der Waals surface area contributed by atoms with E-state index in [0.717, 1.165) is 25.7 Å². The molecule has 2 N–H and O–H groups in total. The lowest BCUT2D eigenvalue weighted by atomic mass is 9.87. The Morgan fingerprint density at radius 3 is 2.23 bits per heavy atom. The monoisotopic (exact) mass is 431 g/mol. The topological polar surface area (TPSA) is 78.5 Å². The van der Waals surface area contributed by atoms with E-state index in [0.29, 0.717) is 44.0 Å². The summed E-state index contributed by atoms with van der Waals surface area (Å²) < 4.78 is 13.2. The predicted octanol–water partition coefficient (Wildman–Crippen LogP) is 3.13. The van der Waals surface area contributed by atoms with E-state index in [4.69, 9.17) is 0 Å². The molecule has 1 aliphatic carbocycles. The maximum Gasteiger partial charge on any atom is 0.251 e. The first-order valence-corrected chi connectivity index (χ1v) is 11.5. The highest BCUT2D eigenvalue weighted by molar-refractivity contribution is 5.97. The number of amides is 3. The Morgan fingerprint density at radius 2 is 1.65 bits per heavy atom. The van der Waals surface area contributed by atoms with Gasteiger partial charge in [0.2, 0.25) is 11.8 Å². The summed E-state index contributed by atoms with van der Waals surface area (Å²) in [6.07, 6.45) is 5.55. The quantitative estimate of drug-likeness (QED) is 0.696. The Morgan fingerprint density at radius 1 is 1.03 bits per heavy atom. The maximum atomic E-state index is 13.2. The van der Waals surface area contributed by atoms with Gasteiger partial charge in [-0.2, -0.15) is 0 Å². The fraction of sp³-hybridized carbons (Fsp3) is 0.625. The van der Waals surface area contributed by atoms with Crippen LogP contribution >= 0.6 is 0 Å². The van der Waals surface area contributed by atoms with Gasteiger partial charge in [0.1, 0.15) is 11.9 Å². The summed E-state index contributed by atoms with van der Waals surface area (Å²) in [6.45, 7) is 5.78. The Balaban J connectivity index is 1.64. The van der Waals surface area contributed by atoms with Gasteiger partial charge >= 0.3 is 0 Å². The van der Waals surface area contributed by atoms with Gasteiger partial charge in [-0.05, 0) is 61.8 Å². The summed E-state index contributed by atoms with van der Waals surface area (Å²) in [5.74, 6) is -0.375. The molecule has 1 unspecified atom stereocenters. The normalized spacial score (nSPS) is 18.8. The van der Waals surface area contributed by atoms with Crippen molar-refractivity contribution in [3.05, 3.63) is 35.6 Å². The minimum absolute atomic E-state index is 0.0517. The first-order chi connectivity index (χ1) is 14.8. The molecule has 1 aromatic rings. The molecule has 1 aromatic carbocycles. The first-order valence-electron chi connectivity index (χ1n) is 11.5. The van der Waals surface area contributed by atoms with Crippen molar-refractivity contribution < 1.29 is 18.8 Å². The third kappa shape index (κ3) is 6.28. The molecule has 7 heteroatoms. The molecule has 0 spiro atoms. The van der Waals surface area contributed by atoms with E-state index >= 15 is 0 Å². The van der Waals surface area contributed by atoms with Crippen molar-refractivity contribution in [3.63, 3.8) is 0 Å². The van der Waals surface area contributed by atoms with Crippen molar-refractivity contribution in [1.82, 2.24) is 15.5 Å². The molecule has 1 saturated heterocycles. The van der Waals surface area contributed by atoms with Crippen LogP contribution in [0, 0.1) is 23.6 Å². The van der Waals surface area contributed by atoms with E-state index in [-0.39, 0.29) is 23.7 Å². The van der Waals surface area contributed by atoms with E-state index in [1.807, 2.05) is 18.7 Å². The fourth-order valence-electron chi connectivity index (χ4n) is 4.52. The van der Waals surface area contributed by atoms with Crippen LogP contribution in [0.5, 0.6) is 0 Å². The van der Waals surface area contributed by atoms with Crippen LogP contribution in [-0.2, 0) is 9.59 Å². The molecule has 6 nitrogen and oxygen atoms in total. The Bertz CT molecular complexity index is 767. The number of benzene rings is 1. The highest BCUT2D eigenvalue weighted by atomic mass is 19.1. The zero-order valence-corrected chi connectivity index (χ0v) is 18.5. The summed E-state index contributed by atoms with van der Waals surface area (Å²) in [5, 5.41) is 5.80. The predicted molar refractivity (Wildman–Crippen MR) is 117 cm³/mol. The lowest BCUT2D eigenvalue weighted by Crippen LogP contribution is -2.54. The van der Waals surface area contributed by atoms with E-state index in [2.05, 4.69) is 10.6 Å². The average Bonchev–Trinajstić information content (AvgIpc) is 3.31. The van der Waals surface area contributed by atoms with Crippen LogP contribution in [0.4, 0.5) is 4.39 Å². The van der Waals surface area contributed by atoms with Crippen LogP contribution in [-0.4, -0.2) is 48.3 Å². The van der Waals surface area contributed by atoms with Crippen molar-refractivity contribution in [1.29, 1.82) is 0 Å². The molecule has 0 radical (unpaired) electrons. The van der Waals surface area contributed by atoms with Gasteiger partial charge in [-0.3, -0.25) is 14.4 Å². The van der Waals surface area contributed by atoms with E-state index in [1.54, 1.807) is 0 Å². The SMILES string of the molecule is CC(C)CNC(=O)C(NC(=O)c1ccc(F)cc1)C1CCN(C(=O)C2CCCC2)CC1. The summed E-state index contributed by atoms with van der Waals surface area (Å²) in [5.41, 5.74) is 0.317. The molecule has 1 heterocycles. The second kappa shape index (κ2) is 10.7. The summed E-state index contributed by atoms with van der Waals surface area (Å²) in [7, 11) is 0. The van der Waals surface area contributed by atoms with Crippen LogP contribution in [0.2, 0.25) is 0 Å². The highest BCUT2D eigenvalue weighted by Crippen LogP contribution is 2.29. The number of hydrogen-bond donors (Lipinski definition) is 2. The van der Waals surface area contributed by atoms with Crippen LogP contribution in [0.3, 0.4) is 0 Å². The lowest BCUT2D eigenvalue weighted by Gasteiger charge is -2.37. The smallest absolute Gasteiger partial charge is 0.251 e. The number of carbonyl (C=O) groups excluding carboxylic acids is 3. The van der Waals surface area contributed by atoms with Crippen LogP contribution in [0.15, 0.2) is 24.3 Å². The zero-order chi connectivity index (χ0) is 22.4. The maximum absolute atomic E-state index is 13.2. The second-order valence-corrected chi connectivity index (χ2v) is 9.24. The van der Waals surface area contributed by atoms with Crippen molar-refractivity contribution in [2.75, 3.05) is 19.6 Å². The van der Waals surface area contributed by atoms with Crippen molar-refractivity contribution in [2.45, 2.75) is 58.4 Å². The number of nitrogens with zero attached hydrogens (tertiary/aromatic N) is 1. The highest BCUT2D eigenvalue weighted by Gasteiger charge is 2.35. The molecule has 3 rings (SSSR count). The number of halogens is 1. The van der Waals surface area contributed by atoms with Gasteiger partial charge in [-0.15, -0.1) is 0 Å². The van der Waals surface area contributed by atoms with Gasteiger partial charge in [0.05, 0.1) is 0 Å². The number of hydrogen-bond acceptors (Lipinski definition) is 3. The molecule has 170 valence electrons. The molecule has 0 bridgehead atoms. The van der Waals surface area contributed by atoms with E-state index in [1.165, 1.54) is 24.3 Å². The number of carbonyl (C=O) groups is 3. The molecule has 1 aliphatic heterocycles. The molecular formula is C24H34FN3O3. The van der Waals surface area contributed by atoms with Crippen LogP contribution in [0.1, 0.15) is 62.7 Å². The Labute approximate surface area is 183 Å². The molecule has 3 amide bonds. The van der Waals surface area contributed by atoms with Crippen molar-refractivity contribution in [3.8, 4) is 0 Å². The molecule has 2 aliphatic rings. The largest absolute Gasteiger partial charge is 0.354 e. The third-order valence-electron chi connectivity index (χ3n) is 6.39. The van der Waals surface area contributed by atoms with Crippen molar-refractivity contribution >= 4 is 17.7 Å². The van der Waals surface area contributed by atoms with Gasteiger partial charge in [-0.1, -0.05) is 26.7 Å². The average molecular weight is 432 g/mol. The lowest BCUT2D eigenvalue weighted by molar-refractivity contribution is -0.137. The minimum Gasteiger partial charge on any atom is -0.354 e. The number of rotatable bonds is 7. The molecule has 1 saturated carbocycles. The Hall–Kier alpha value is -2.44. The van der Waals surface area contributed by atoms with Gasteiger partial charge in [-0.25, -0.2) is 4.39 Å². The van der Waals surface area contributed by atoms with Gasteiger partial charge in [0.15, 0.2) is 0 Å².